The molecule has 1 atom stereocenters. The summed E-state index contributed by atoms with van der Waals surface area (Å²) in [4.78, 5) is 17.0. The fraction of sp³-hybridized carbons (Fsp3) is 0.304. The molecule has 31 heavy (non-hydrogen) atoms. The second-order valence-electron chi connectivity index (χ2n) is 7.69. The zero-order valence-electron chi connectivity index (χ0n) is 17.5. The fourth-order valence-electron chi connectivity index (χ4n) is 3.88. The van der Waals surface area contributed by atoms with Crippen molar-refractivity contribution in [3.05, 3.63) is 62.1 Å². The number of carbonyl (C=O) groups excluding carboxylic acids is 1. The number of carbonyl (C=O) groups is 1. The number of rotatable bonds is 3. The highest BCUT2D eigenvalue weighted by molar-refractivity contribution is 9.10. The van der Waals surface area contributed by atoms with Gasteiger partial charge in [-0.15, -0.1) is 0 Å². The van der Waals surface area contributed by atoms with Crippen molar-refractivity contribution in [2.24, 2.45) is 0 Å². The number of halogens is 1. The number of benzene rings is 2. The Kier molecular flexibility index (Phi) is 5.91. The van der Waals surface area contributed by atoms with Crippen LogP contribution in [0.1, 0.15) is 29.0 Å². The molecular weight excluding hydrogens is 478 g/mol. The number of thioether (sulfide) groups is 1. The van der Waals surface area contributed by atoms with Crippen molar-refractivity contribution in [2.45, 2.75) is 26.2 Å². The molecule has 1 saturated heterocycles. The molecule has 2 heterocycles. The van der Waals surface area contributed by atoms with E-state index < -0.39 is 0 Å². The molecule has 2 aromatic rings. The number of aromatic hydroxyl groups is 1. The molecule has 0 aromatic heterocycles. The average Bonchev–Trinajstić information content (AvgIpc) is 2.77. The molecule has 0 radical (unpaired) electrons. The molecule has 0 spiro atoms. The van der Waals surface area contributed by atoms with E-state index in [0.717, 1.165) is 11.3 Å². The summed E-state index contributed by atoms with van der Waals surface area (Å²) in [6.45, 7) is 4.58. The maximum absolute atomic E-state index is 13.1. The molecule has 0 unspecified atom stereocenters. The van der Waals surface area contributed by atoms with E-state index in [1.54, 1.807) is 17.0 Å². The van der Waals surface area contributed by atoms with Crippen molar-refractivity contribution in [2.75, 3.05) is 24.6 Å². The molecule has 160 valence electrons. The van der Waals surface area contributed by atoms with E-state index in [4.69, 9.17) is 4.74 Å². The van der Waals surface area contributed by atoms with Gasteiger partial charge in [0.05, 0.1) is 40.8 Å². The van der Waals surface area contributed by atoms with E-state index in [1.165, 1.54) is 30.0 Å². The van der Waals surface area contributed by atoms with Crippen LogP contribution in [0.25, 0.3) is 0 Å². The minimum atomic E-state index is -0.379. The third kappa shape index (κ3) is 3.88. The molecule has 1 fully saturated rings. The molecular formula is C23H22BrN3O3S. The average molecular weight is 500 g/mol. The van der Waals surface area contributed by atoms with Crippen LogP contribution < -0.4 is 9.64 Å². The van der Waals surface area contributed by atoms with Gasteiger partial charge in [0.1, 0.15) is 0 Å². The van der Waals surface area contributed by atoms with Gasteiger partial charge in [0.25, 0.3) is 0 Å². The third-order valence-corrected chi connectivity index (χ3v) is 7.58. The number of allylic oxidation sites excluding steroid dienone is 1. The van der Waals surface area contributed by atoms with Crippen molar-refractivity contribution in [3.63, 3.8) is 0 Å². The van der Waals surface area contributed by atoms with Crippen LogP contribution in [0.4, 0.5) is 5.69 Å². The topological polar surface area (TPSA) is 76.8 Å². The van der Waals surface area contributed by atoms with E-state index >= 15 is 0 Å². The number of phenols is 1. The molecule has 0 aliphatic carbocycles. The number of hydrogen-bond donors (Lipinski definition) is 1. The fourth-order valence-corrected chi connectivity index (χ4v) is 5.51. The van der Waals surface area contributed by atoms with Crippen molar-refractivity contribution in [1.82, 2.24) is 4.90 Å². The zero-order valence-corrected chi connectivity index (χ0v) is 19.9. The predicted molar refractivity (Wildman–Crippen MR) is 125 cm³/mol. The summed E-state index contributed by atoms with van der Waals surface area (Å²) in [7, 11) is 1.47. The zero-order chi connectivity index (χ0) is 22.3. The first-order valence-electron chi connectivity index (χ1n) is 9.80. The van der Waals surface area contributed by atoms with Gasteiger partial charge in [0.2, 0.25) is 5.91 Å². The Bertz CT molecular complexity index is 1140. The third-order valence-electron chi connectivity index (χ3n) is 5.82. The lowest BCUT2D eigenvalue weighted by Gasteiger charge is -2.42. The van der Waals surface area contributed by atoms with Crippen LogP contribution >= 0.6 is 27.7 Å². The van der Waals surface area contributed by atoms with E-state index in [2.05, 4.69) is 58.9 Å². The number of ether oxygens (including phenoxy) is 1. The van der Waals surface area contributed by atoms with Crippen LogP contribution in [0.2, 0.25) is 0 Å². The molecule has 6 nitrogen and oxygen atoms in total. The Labute approximate surface area is 194 Å². The smallest absolute Gasteiger partial charge is 0.229 e. The molecule has 0 bridgehead atoms. The van der Waals surface area contributed by atoms with E-state index in [1.807, 2.05) is 0 Å². The maximum Gasteiger partial charge on any atom is 0.229 e. The number of hydrogen-bond acceptors (Lipinski definition) is 6. The molecule has 2 aliphatic heterocycles. The van der Waals surface area contributed by atoms with Crippen molar-refractivity contribution in [3.8, 4) is 17.6 Å². The summed E-state index contributed by atoms with van der Waals surface area (Å²) < 4.78 is 5.72. The Morgan fingerprint density at radius 3 is 2.71 bits per heavy atom. The number of nitriles is 1. The van der Waals surface area contributed by atoms with Gasteiger partial charge < -0.3 is 14.7 Å². The van der Waals surface area contributed by atoms with Crippen LogP contribution in [0.15, 0.2) is 45.4 Å². The van der Waals surface area contributed by atoms with Gasteiger partial charge in [-0.2, -0.15) is 5.26 Å². The van der Waals surface area contributed by atoms with Crippen molar-refractivity contribution in [1.29, 1.82) is 5.26 Å². The summed E-state index contributed by atoms with van der Waals surface area (Å²) in [6.07, 6.45) is 0.189. The van der Waals surface area contributed by atoms with Gasteiger partial charge in [-0.05, 0) is 70.7 Å². The Hall–Kier alpha value is -2.63. The molecule has 2 aromatic carbocycles. The van der Waals surface area contributed by atoms with Crippen LogP contribution in [0, 0.1) is 25.2 Å². The quantitative estimate of drug-likeness (QED) is 0.640. The Morgan fingerprint density at radius 2 is 2.03 bits per heavy atom. The number of phenolic OH excluding ortho intramolecular Hbond substituents is 1. The van der Waals surface area contributed by atoms with Crippen LogP contribution in [0.3, 0.4) is 0 Å². The monoisotopic (exact) mass is 499 g/mol. The molecule has 4 rings (SSSR count). The highest BCUT2D eigenvalue weighted by atomic mass is 79.9. The van der Waals surface area contributed by atoms with Crippen molar-refractivity contribution < 1.29 is 14.6 Å². The highest BCUT2D eigenvalue weighted by Gasteiger charge is 2.38. The van der Waals surface area contributed by atoms with Crippen LogP contribution in [-0.4, -0.2) is 35.6 Å². The predicted octanol–water partition coefficient (Wildman–Crippen LogP) is 5.00. The van der Waals surface area contributed by atoms with Crippen molar-refractivity contribution >= 4 is 39.3 Å². The minimum Gasteiger partial charge on any atom is -0.503 e. The lowest BCUT2D eigenvalue weighted by atomic mass is 9.86. The highest BCUT2D eigenvalue weighted by Crippen LogP contribution is 2.46. The second-order valence-corrected chi connectivity index (χ2v) is 9.47. The summed E-state index contributed by atoms with van der Waals surface area (Å²) in [5.41, 5.74) is 4.83. The van der Waals surface area contributed by atoms with E-state index in [0.29, 0.717) is 33.4 Å². The summed E-state index contributed by atoms with van der Waals surface area (Å²) in [6, 6.07) is 12.1. The molecule has 1 amide bonds. The molecule has 0 saturated carbocycles. The normalized spacial score (nSPS) is 18.7. The minimum absolute atomic E-state index is 0.00255. The number of fused-ring (bicyclic) bond motifs is 1. The van der Waals surface area contributed by atoms with E-state index in [-0.39, 0.29) is 24.0 Å². The molecule has 2 aliphatic rings. The number of aryl methyl sites for hydroxylation is 2. The van der Waals surface area contributed by atoms with Gasteiger partial charge in [0, 0.05) is 18.0 Å². The first kappa shape index (κ1) is 21.6. The summed E-state index contributed by atoms with van der Waals surface area (Å²) in [5, 5.41) is 20.8. The van der Waals surface area contributed by atoms with Gasteiger partial charge >= 0.3 is 0 Å². The van der Waals surface area contributed by atoms with Crippen LogP contribution in [0.5, 0.6) is 11.5 Å². The molecule has 8 heteroatoms. The summed E-state index contributed by atoms with van der Waals surface area (Å²) >= 11 is 4.85. The number of nitrogens with zero attached hydrogens (tertiary/aromatic N) is 3. The maximum atomic E-state index is 13.1. The Morgan fingerprint density at radius 1 is 1.26 bits per heavy atom. The SMILES string of the molecule is COc1cc([C@H]2CC(=O)N3CN(c4ccc(C)c(C)c4)CSC3=C2C#N)cc(Br)c1O. The van der Waals surface area contributed by atoms with E-state index in [9.17, 15) is 15.2 Å². The van der Waals surface area contributed by atoms with Gasteiger partial charge in [-0.1, -0.05) is 17.8 Å². The number of anilines is 1. The standard InChI is InChI=1S/C23H22BrN3O3S/c1-13-4-5-16(6-14(13)2)26-11-27-21(28)9-17(18(10-25)23(27)31-12-26)15-7-19(24)22(29)20(8-15)30-3/h4-8,17,29H,9,11-12H2,1-3H3/t17-/m1/s1. The molecule has 1 N–H and O–H groups in total. The lowest BCUT2D eigenvalue weighted by Crippen LogP contribution is -2.47. The largest absolute Gasteiger partial charge is 0.503 e. The van der Waals surface area contributed by atoms with Gasteiger partial charge in [-0.25, -0.2) is 0 Å². The van der Waals surface area contributed by atoms with Gasteiger partial charge in [0.15, 0.2) is 11.5 Å². The van der Waals surface area contributed by atoms with Crippen LogP contribution in [-0.2, 0) is 4.79 Å². The first-order valence-corrected chi connectivity index (χ1v) is 11.6. The van der Waals surface area contributed by atoms with Gasteiger partial charge in [-0.3, -0.25) is 9.69 Å². The second kappa shape index (κ2) is 8.48. The summed E-state index contributed by atoms with van der Waals surface area (Å²) in [5.74, 6) is 0.552. The Balaban J connectivity index is 1.69. The number of methoxy groups -OCH3 is 1. The first-order chi connectivity index (χ1) is 14.8. The number of amides is 1. The lowest BCUT2D eigenvalue weighted by molar-refractivity contribution is -0.129.